The van der Waals surface area contributed by atoms with Gasteiger partial charge in [-0.25, -0.2) is 18.7 Å². The molecule has 0 amide bonds. The van der Waals surface area contributed by atoms with Crippen LogP contribution in [0.5, 0.6) is 0 Å². The molecule has 6 heteroatoms. The highest BCUT2D eigenvalue weighted by Crippen LogP contribution is 2.06. The third-order valence-corrected chi connectivity index (χ3v) is 2.05. The molecule has 1 aromatic rings. The van der Waals surface area contributed by atoms with Crippen molar-refractivity contribution in [3.63, 3.8) is 0 Å². The molecule has 0 radical (unpaired) electrons. The van der Waals surface area contributed by atoms with E-state index in [1.54, 1.807) is 0 Å². The standard InChI is InChI=1S/C11H17F2N3O/c1-3-9-6-11(16-8(2)15-9)14-4-5-17-7-10(12)13/h6,10H,3-5,7H2,1-2H3,(H,14,15,16). The van der Waals surface area contributed by atoms with Gasteiger partial charge in [0.15, 0.2) is 0 Å². The molecular weight excluding hydrogens is 228 g/mol. The summed E-state index contributed by atoms with van der Waals surface area (Å²) in [6.45, 7) is 3.99. The summed E-state index contributed by atoms with van der Waals surface area (Å²) in [5.74, 6) is 1.40. The maximum absolute atomic E-state index is 11.8. The van der Waals surface area contributed by atoms with Gasteiger partial charge in [0.2, 0.25) is 0 Å². The lowest BCUT2D eigenvalue weighted by Gasteiger charge is -2.08. The Labute approximate surface area is 99.4 Å². The number of halogens is 2. The van der Waals surface area contributed by atoms with E-state index in [4.69, 9.17) is 4.74 Å². The molecule has 0 saturated heterocycles. The first kappa shape index (κ1) is 13.8. The van der Waals surface area contributed by atoms with Crippen LogP contribution in [0, 0.1) is 6.92 Å². The molecule has 0 saturated carbocycles. The zero-order valence-electron chi connectivity index (χ0n) is 10.0. The normalized spacial score (nSPS) is 10.9. The average Bonchev–Trinajstić information content (AvgIpc) is 2.27. The van der Waals surface area contributed by atoms with Crippen molar-refractivity contribution < 1.29 is 13.5 Å². The first-order valence-electron chi connectivity index (χ1n) is 5.56. The minimum absolute atomic E-state index is 0.231. The number of ether oxygens (including phenoxy) is 1. The van der Waals surface area contributed by atoms with Crippen LogP contribution in [0.1, 0.15) is 18.4 Å². The number of aryl methyl sites for hydroxylation is 2. The van der Waals surface area contributed by atoms with Crippen molar-refractivity contribution in [1.29, 1.82) is 0 Å². The number of rotatable bonds is 7. The van der Waals surface area contributed by atoms with E-state index in [-0.39, 0.29) is 6.61 Å². The van der Waals surface area contributed by atoms with Crippen LogP contribution in [0.25, 0.3) is 0 Å². The topological polar surface area (TPSA) is 47.0 Å². The number of hydrogen-bond acceptors (Lipinski definition) is 4. The van der Waals surface area contributed by atoms with Crippen molar-refractivity contribution in [1.82, 2.24) is 9.97 Å². The zero-order chi connectivity index (χ0) is 12.7. The second kappa shape index (κ2) is 7.11. The molecule has 1 heterocycles. The van der Waals surface area contributed by atoms with E-state index in [9.17, 15) is 8.78 Å². The Morgan fingerprint density at radius 1 is 1.41 bits per heavy atom. The Morgan fingerprint density at radius 3 is 2.82 bits per heavy atom. The van der Waals surface area contributed by atoms with E-state index in [1.165, 1.54) is 0 Å². The minimum atomic E-state index is -2.41. The van der Waals surface area contributed by atoms with Gasteiger partial charge in [0.1, 0.15) is 18.2 Å². The van der Waals surface area contributed by atoms with Gasteiger partial charge in [0.25, 0.3) is 6.43 Å². The second-order valence-electron chi connectivity index (χ2n) is 3.54. The van der Waals surface area contributed by atoms with Gasteiger partial charge in [0, 0.05) is 18.3 Å². The Balaban J connectivity index is 2.33. The second-order valence-corrected chi connectivity index (χ2v) is 3.54. The van der Waals surface area contributed by atoms with Crippen LogP contribution >= 0.6 is 0 Å². The van der Waals surface area contributed by atoms with Crippen LogP contribution in [-0.2, 0) is 11.2 Å². The summed E-state index contributed by atoms with van der Waals surface area (Å²) in [4.78, 5) is 8.43. The van der Waals surface area contributed by atoms with Crippen LogP contribution in [0.3, 0.4) is 0 Å². The molecule has 0 spiro atoms. The number of hydrogen-bond donors (Lipinski definition) is 1. The Hall–Kier alpha value is -1.30. The van der Waals surface area contributed by atoms with Crippen LogP contribution < -0.4 is 5.32 Å². The fourth-order valence-electron chi connectivity index (χ4n) is 1.32. The number of nitrogens with one attached hydrogen (secondary N) is 1. The van der Waals surface area contributed by atoms with Crippen LogP contribution in [0.2, 0.25) is 0 Å². The maximum Gasteiger partial charge on any atom is 0.261 e. The number of alkyl halides is 2. The summed E-state index contributed by atoms with van der Waals surface area (Å²) < 4.78 is 28.3. The van der Waals surface area contributed by atoms with E-state index in [1.807, 2.05) is 19.9 Å². The third kappa shape index (κ3) is 5.53. The molecule has 1 N–H and O–H groups in total. The van der Waals surface area contributed by atoms with E-state index in [2.05, 4.69) is 15.3 Å². The van der Waals surface area contributed by atoms with Crippen molar-refractivity contribution in [2.75, 3.05) is 25.1 Å². The van der Waals surface area contributed by atoms with Crippen molar-refractivity contribution in [3.05, 3.63) is 17.6 Å². The van der Waals surface area contributed by atoms with Gasteiger partial charge in [-0.3, -0.25) is 0 Å². The average molecular weight is 245 g/mol. The molecule has 17 heavy (non-hydrogen) atoms. The summed E-state index contributed by atoms with van der Waals surface area (Å²) in [6, 6.07) is 1.85. The van der Waals surface area contributed by atoms with Crippen LogP contribution in [0.15, 0.2) is 6.07 Å². The molecule has 0 aliphatic carbocycles. The first-order chi connectivity index (χ1) is 8.11. The minimum Gasteiger partial charge on any atom is -0.374 e. The van der Waals surface area contributed by atoms with Crippen LogP contribution in [-0.4, -0.2) is 36.2 Å². The van der Waals surface area contributed by atoms with E-state index in [0.717, 1.165) is 12.1 Å². The Kier molecular flexibility index (Phi) is 5.76. The molecule has 0 unspecified atom stereocenters. The van der Waals surface area contributed by atoms with Crippen molar-refractivity contribution >= 4 is 5.82 Å². The highest BCUT2D eigenvalue weighted by atomic mass is 19.3. The predicted octanol–water partition coefficient (Wildman–Crippen LogP) is 2.04. The highest BCUT2D eigenvalue weighted by Gasteiger charge is 2.02. The molecule has 1 aromatic heterocycles. The molecule has 0 bridgehead atoms. The van der Waals surface area contributed by atoms with Gasteiger partial charge in [-0.2, -0.15) is 0 Å². The lowest BCUT2D eigenvalue weighted by molar-refractivity contribution is 0.0215. The largest absolute Gasteiger partial charge is 0.374 e. The van der Waals surface area contributed by atoms with Gasteiger partial charge in [0.05, 0.1) is 6.61 Å². The Morgan fingerprint density at radius 2 is 2.18 bits per heavy atom. The SMILES string of the molecule is CCc1cc(NCCOCC(F)F)nc(C)n1. The van der Waals surface area contributed by atoms with Crippen molar-refractivity contribution in [3.8, 4) is 0 Å². The zero-order valence-corrected chi connectivity index (χ0v) is 10.0. The molecule has 0 aliphatic rings. The molecule has 0 aromatic carbocycles. The predicted molar refractivity (Wildman–Crippen MR) is 61.5 cm³/mol. The number of aromatic nitrogens is 2. The lowest BCUT2D eigenvalue weighted by atomic mass is 10.3. The summed E-state index contributed by atoms with van der Waals surface area (Å²) in [7, 11) is 0. The fraction of sp³-hybridized carbons (Fsp3) is 0.636. The monoisotopic (exact) mass is 245 g/mol. The lowest BCUT2D eigenvalue weighted by Crippen LogP contribution is -2.14. The highest BCUT2D eigenvalue weighted by molar-refractivity contribution is 5.35. The van der Waals surface area contributed by atoms with E-state index >= 15 is 0 Å². The number of nitrogens with zero attached hydrogens (tertiary/aromatic N) is 2. The van der Waals surface area contributed by atoms with Gasteiger partial charge in [-0.15, -0.1) is 0 Å². The quantitative estimate of drug-likeness (QED) is 0.747. The fourth-order valence-corrected chi connectivity index (χ4v) is 1.32. The van der Waals surface area contributed by atoms with Gasteiger partial charge < -0.3 is 10.1 Å². The Bertz CT molecular complexity index is 347. The molecule has 0 atom stereocenters. The molecule has 0 fully saturated rings. The van der Waals surface area contributed by atoms with E-state index < -0.39 is 13.0 Å². The van der Waals surface area contributed by atoms with Gasteiger partial charge in [-0.1, -0.05) is 6.92 Å². The number of anilines is 1. The van der Waals surface area contributed by atoms with Crippen molar-refractivity contribution in [2.45, 2.75) is 26.7 Å². The van der Waals surface area contributed by atoms with E-state index in [0.29, 0.717) is 18.2 Å². The third-order valence-electron chi connectivity index (χ3n) is 2.05. The smallest absolute Gasteiger partial charge is 0.261 e. The summed E-state index contributed by atoms with van der Waals surface area (Å²) in [5, 5.41) is 3.01. The molecule has 0 aliphatic heterocycles. The maximum atomic E-state index is 11.8. The summed E-state index contributed by atoms with van der Waals surface area (Å²) in [5.41, 5.74) is 0.952. The summed E-state index contributed by atoms with van der Waals surface area (Å²) in [6.07, 6.45) is -1.58. The van der Waals surface area contributed by atoms with Gasteiger partial charge in [-0.05, 0) is 13.3 Å². The molecule has 4 nitrogen and oxygen atoms in total. The van der Waals surface area contributed by atoms with Crippen LogP contribution in [0.4, 0.5) is 14.6 Å². The van der Waals surface area contributed by atoms with Gasteiger partial charge >= 0.3 is 0 Å². The molecule has 96 valence electrons. The van der Waals surface area contributed by atoms with Crippen molar-refractivity contribution in [2.24, 2.45) is 0 Å². The summed E-state index contributed by atoms with van der Waals surface area (Å²) >= 11 is 0. The molecule has 1 rings (SSSR count). The first-order valence-corrected chi connectivity index (χ1v) is 5.56. The molecular formula is C11H17F2N3O.